The van der Waals surface area contributed by atoms with Crippen LogP contribution in [-0.4, -0.2) is 62.1 Å². The smallest absolute Gasteiger partial charge is 0.321 e. The summed E-state index contributed by atoms with van der Waals surface area (Å²) in [6.07, 6.45) is 1.43. The Balaban J connectivity index is 1.56. The number of carbonyl (C=O) groups excluding carboxylic acids is 3. The quantitative estimate of drug-likeness (QED) is 0.517. The third-order valence-corrected chi connectivity index (χ3v) is 6.01. The fraction of sp³-hybridized carbons (Fsp3) is 0.385. The van der Waals surface area contributed by atoms with Gasteiger partial charge in [0.05, 0.1) is 25.9 Å². The van der Waals surface area contributed by atoms with Crippen LogP contribution >= 0.6 is 0 Å². The van der Waals surface area contributed by atoms with Crippen molar-refractivity contribution in [3.63, 3.8) is 0 Å². The van der Waals surface area contributed by atoms with E-state index in [1.54, 1.807) is 48.4 Å². The van der Waals surface area contributed by atoms with E-state index in [1.807, 2.05) is 12.1 Å². The number of nitrogens with zero attached hydrogens (tertiary/aromatic N) is 2. The highest BCUT2D eigenvalue weighted by molar-refractivity contribution is 5.89. The molecule has 1 atom stereocenters. The molecule has 0 saturated carbocycles. The summed E-state index contributed by atoms with van der Waals surface area (Å²) < 4.78 is 10.7. The molecule has 2 aromatic carbocycles. The zero-order valence-corrected chi connectivity index (χ0v) is 20.7. The van der Waals surface area contributed by atoms with Crippen LogP contribution < -0.4 is 25.4 Å². The van der Waals surface area contributed by atoms with Crippen molar-refractivity contribution in [1.82, 2.24) is 15.5 Å². The number of amides is 4. The van der Waals surface area contributed by atoms with Crippen molar-refractivity contribution >= 4 is 23.5 Å². The molecule has 0 aliphatic carbocycles. The molecule has 4 amide bonds. The lowest BCUT2D eigenvalue weighted by molar-refractivity contribution is -0.128. The maximum atomic E-state index is 13.1. The minimum absolute atomic E-state index is 0.120. The van der Waals surface area contributed by atoms with Crippen LogP contribution in [0.3, 0.4) is 0 Å². The summed E-state index contributed by atoms with van der Waals surface area (Å²) >= 11 is 0. The van der Waals surface area contributed by atoms with E-state index < -0.39 is 6.04 Å². The third kappa shape index (κ3) is 7.12. The number of carbonyl (C=O) groups is 3. The molecule has 1 saturated heterocycles. The maximum absolute atomic E-state index is 13.1. The average molecular weight is 494 g/mol. The molecular weight excluding hydrogens is 462 g/mol. The number of anilines is 1. The van der Waals surface area contributed by atoms with Gasteiger partial charge in [-0.1, -0.05) is 6.07 Å². The van der Waals surface area contributed by atoms with E-state index in [9.17, 15) is 14.4 Å². The average Bonchev–Trinajstić information content (AvgIpc) is 2.89. The van der Waals surface area contributed by atoms with Crippen molar-refractivity contribution in [2.24, 2.45) is 0 Å². The second-order valence-corrected chi connectivity index (χ2v) is 8.52. The largest absolute Gasteiger partial charge is 0.497 e. The highest BCUT2D eigenvalue weighted by atomic mass is 16.5. The lowest BCUT2D eigenvalue weighted by Crippen LogP contribution is -2.53. The van der Waals surface area contributed by atoms with Gasteiger partial charge in [-0.3, -0.25) is 9.59 Å². The molecule has 1 unspecified atom stereocenters. The molecule has 0 aromatic heterocycles. The van der Waals surface area contributed by atoms with E-state index in [0.717, 1.165) is 5.56 Å². The van der Waals surface area contributed by atoms with Gasteiger partial charge in [0.1, 0.15) is 17.5 Å². The number of hydrogen-bond acceptors (Lipinski definition) is 6. The molecule has 10 nitrogen and oxygen atoms in total. The molecule has 190 valence electrons. The van der Waals surface area contributed by atoms with Gasteiger partial charge < -0.3 is 30.3 Å². The van der Waals surface area contributed by atoms with Gasteiger partial charge in [0, 0.05) is 44.2 Å². The first-order valence-corrected chi connectivity index (χ1v) is 11.7. The van der Waals surface area contributed by atoms with Crippen LogP contribution in [0, 0.1) is 11.3 Å². The van der Waals surface area contributed by atoms with Gasteiger partial charge >= 0.3 is 6.03 Å². The predicted octanol–water partition coefficient (Wildman–Crippen LogP) is 2.44. The molecule has 3 rings (SSSR count). The second-order valence-electron chi connectivity index (χ2n) is 8.52. The van der Waals surface area contributed by atoms with Gasteiger partial charge in [0.15, 0.2) is 0 Å². The minimum Gasteiger partial charge on any atom is -0.497 e. The van der Waals surface area contributed by atoms with Crippen molar-refractivity contribution in [2.75, 3.05) is 32.6 Å². The van der Waals surface area contributed by atoms with Crippen LogP contribution in [-0.2, 0) is 16.0 Å². The van der Waals surface area contributed by atoms with Crippen LogP contribution in [0.4, 0.5) is 10.5 Å². The van der Waals surface area contributed by atoms with Crippen LogP contribution in [0.25, 0.3) is 0 Å². The molecule has 0 spiro atoms. The predicted molar refractivity (Wildman–Crippen MR) is 134 cm³/mol. The molecule has 3 N–H and O–H groups in total. The number of methoxy groups -OCH3 is 2. The van der Waals surface area contributed by atoms with Gasteiger partial charge in [-0.15, -0.1) is 0 Å². The van der Waals surface area contributed by atoms with Crippen molar-refractivity contribution in [3.8, 4) is 17.6 Å². The first kappa shape index (κ1) is 26.3. The Labute approximate surface area is 210 Å². The monoisotopic (exact) mass is 493 g/mol. The van der Waals surface area contributed by atoms with Gasteiger partial charge in [0.25, 0.3) is 0 Å². The number of piperidine rings is 1. The fourth-order valence-corrected chi connectivity index (χ4v) is 4.05. The normalized spacial score (nSPS) is 14.2. The number of nitrogens with one attached hydrogen (secondary N) is 3. The molecule has 0 radical (unpaired) electrons. The topological polar surface area (TPSA) is 133 Å². The van der Waals surface area contributed by atoms with E-state index in [2.05, 4.69) is 16.0 Å². The van der Waals surface area contributed by atoms with Gasteiger partial charge in [0.2, 0.25) is 11.8 Å². The zero-order valence-electron chi connectivity index (χ0n) is 20.7. The van der Waals surface area contributed by atoms with Crippen molar-refractivity contribution in [1.29, 1.82) is 5.26 Å². The summed E-state index contributed by atoms with van der Waals surface area (Å²) in [5, 5.41) is 17.5. The van der Waals surface area contributed by atoms with Crippen molar-refractivity contribution < 1.29 is 23.9 Å². The first-order chi connectivity index (χ1) is 17.3. The van der Waals surface area contributed by atoms with Gasteiger partial charge in [-0.05, 0) is 48.7 Å². The molecule has 1 heterocycles. The molecule has 1 aliphatic rings. The summed E-state index contributed by atoms with van der Waals surface area (Å²) in [6, 6.07) is 12.9. The lowest BCUT2D eigenvalue weighted by atomic mass is 10.0. The van der Waals surface area contributed by atoms with Crippen LogP contribution in [0.5, 0.6) is 11.5 Å². The first-order valence-electron chi connectivity index (χ1n) is 11.7. The second kappa shape index (κ2) is 12.4. The summed E-state index contributed by atoms with van der Waals surface area (Å²) in [4.78, 5) is 39.1. The van der Waals surface area contributed by atoms with E-state index in [-0.39, 0.29) is 30.3 Å². The molecule has 0 bridgehead atoms. The fourth-order valence-electron chi connectivity index (χ4n) is 4.05. The summed E-state index contributed by atoms with van der Waals surface area (Å²) in [5.41, 5.74) is 1.90. The molecule has 10 heteroatoms. The van der Waals surface area contributed by atoms with Crippen LogP contribution in [0.2, 0.25) is 0 Å². The summed E-state index contributed by atoms with van der Waals surface area (Å²) in [6.45, 7) is 2.32. The summed E-state index contributed by atoms with van der Waals surface area (Å²) in [5.74, 6) is 0.602. The lowest BCUT2D eigenvalue weighted by Gasteiger charge is -2.33. The molecule has 1 fully saturated rings. The Bertz CT molecular complexity index is 1120. The SMILES string of the molecule is COc1ccc(CC(NC(C)=O)C(=O)NC2CCN(C(=O)Nc3ccc(C#N)cc3)CC2)c(OC)c1. The molecule has 2 aromatic rings. The maximum Gasteiger partial charge on any atom is 0.321 e. The number of likely N-dealkylation sites (tertiary alicyclic amines) is 1. The minimum atomic E-state index is -0.775. The van der Waals surface area contributed by atoms with Crippen LogP contribution in [0.1, 0.15) is 30.9 Å². The molecule has 36 heavy (non-hydrogen) atoms. The number of nitriles is 1. The highest BCUT2D eigenvalue weighted by Gasteiger charge is 2.28. The van der Waals surface area contributed by atoms with E-state index in [0.29, 0.717) is 48.7 Å². The third-order valence-electron chi connectivity index (χ3n) is 6.01. The van der Waals surface area contributed by atoms with E-state index in [4.69, 9.17) is 14.7 Å². The van der Waals surface area contributed by atoms with Crippen molar-refractivity contribution in [3.05, 3.63) is 53.6 Å². The highest BCUT2D eigenvalue weighted by Crippen LogP contribution is 2.26. The number of benzene rings is 2. The molecular formula is C26H31N5O5. The van der Waals surface area contributed by atoms with E-state index >= 15 is 0 Å². The Morgan fingerprint density at radius 1 is 1.08 bits per heavy atom. The van der Waals surface area contributed by atoms with Crippen molar-refractivity contribution in [2.45, 2.75) is 38.3 Å². The number of hydrogen-bond donors (Lipinski definition) is 3. The standard InChI is InChI=1S/C26H31N5O5/c1-17(32)28-23(14-19-6-9-22(35-2)15-24(19)36-3)25(33)29-21-10-12-31(13-11-21)26(34)30-20-7-4-18(16-27)5-8-20/h4-9,15,21,23H,10-14H2,1-3H3,(H,28,32)(H,29,33)(H,30,34). The number of rotatable bonds is 8. The Morgan fingerprint density at radius 3 is 2.36 bits per heavy atom. The molecule has 1 aliphatic heterocycles. The zero-order chi connectivity index (χ0) is 26.1. The van der Waals surface area contributed by atoms with Crippen LogP contribution in [0.15, 0.2) is 42.5 Å². The van der Waals surface area contributed by atoms with Gasteiger partial charge in [-0.2, -0.15) is 5.26 Å². The Morgan fingerprint density at radius 2 is 1.78 bits per heavy atom. The summed E-state index contributed by atoms with van der Waals surface area (Å²) in [7, 11) is 3.10. The number of ether oxygens (including phenoxy) is 2. The Hall–Kier alpha value is -4.26. The Kier molecular flexibility index (Phi) is 9.11. The van der Waals surface area contributed by atoms with Gasteiger partial charge in [-0.25, -0.2) is 4.79 Å². The number of urea groups is 1. The van der Waals surface area contributed by atoms with E-state index in [1.165, 1.54) is 14.0 Å².